The molecule has 9 heteroatoms. The Hall–Kier alpha value is -3.39. The molecule has 4 aromatic rings. The Bertz CT molecular complexity index is 1440. The standard InChI is InChI=1S/C27H23Cl2N3O3S/c1-36(34,35)32(18-24-25(28)3-2-4-26(24)29)23-11-7-21(8-12-23)27(33)31-22-9-5-19(6-10-22)17-20-13-15-30-16-14-20/h2-16H,17-18H2,1H3,(H,31,33). The topological polar surface area (TPSA) is 79.4 Å². The third-order valence-electron chi connectivity index (χ3n) is 5.55. The molecule has 1 N–H and O–H groups in total. The summed E-state index contributed by atoms with van der Waals surface area (Å²) in [6.07, 6.45) is 5.40. The molecule has 0 radical (unpaired) electrons. The maximum Gasteiger partial charge on any atom is 0.255 e. The number of benzene rings is 3. The predicted octanol–water partition coefficient (Wildman–Crippen LogP) is 6.20. The van der Waals surface area contributed by atoms with Crippen LogP contribution in [-0.4, -0.2) is 25.6 Å². The van der Waals surface area contributed by atoms with E-state index in [1.165, 1.54) is 4.31 Å². The van der Waals surface area contributed by atoms with Gasteiger partial charge in [0.15, 0.2) is 0 Å². The Morgan fingerprint density at radius 3 is 2.03 bits per heavy atom. The maximum absolute atomic E-state index is 12.8. The number of nitrogens with zero attached hydrogens (tertiary/aromatic N) is 2. The lowest BCUT2D eigenvalue weighted by molar-refractivity contribution is 0.102. The summed E-state index contributed by atoms with van der Waals surface area (Å²) >= 11 is 12.5. The van der Waals surface area contributed by atoms with Gasteiger partial charge in [-0.25, -0.2) is 8.42 Å². The molecule has 0 bridgehead atoms. The zero-order valence-corrected chi connectivity index (χ0v) is 21.7. The number of rotatable bonds is 8. The molecule has 0 saturated heterocycles. The summed E-state index contributed by atoms with van der Waals surface area (Å²) in [5.74, 6) is -0.302. The van der Waals surface area contributed by atoms with Gasteiger partial charge in [0.25, 0.3) is 5.91 Å². The number of halogens is 2. The molecule has 4 rings (SSSR count). The monoisotopic (exact) mass is 539 g/mol. The number of carbonyl (C=O) groups excluding carboxylic acids is 1. The molecule has 36 heavy (non-hydrogen) atoms. The highest BCUT2D eigenvalue weighted by Gasteiger charge is 2.21. The predicted molar refractivity (Wildman–Crippen MR) is 145 cm³/mol. The van der Waals surface area contributed by atoms with Gasteiger partial charge in [0.2, 0.25) is 10.0 Å². The molecule has 0 aliphatic carbocycles. The molecule has 0 fully saturated rings. The summed E-state index contributed by atoms with van der Waals surface area (Å²) in [6, 6.07) is 22.9. The summed E-state index contributed by atoms with van der Waals surface area (Å²) in [4.78, 5) is 16.8. The van der Waals surface area contributed by atoms with E-state index in [4.69, 9.17) is 23.2 Å². The molecule has 0 atom stereocenters. The summed E-state index contributed by atoms with van der Waals surface area (Å²) in [5.41, 5.74) is 4.22. The first-order chi connectivity index (χ1) is 17.2. The van der Waals surface area contributed by atoms with E-state index in [1.807, 2.05) is 36.4 Å². The summed E-state index contributed by atoms with van der Waals surface area (Å²) < 4.78 is 26.2. The van der Waals surface area contributed by atoms with Crippen molar-refractivity contribution in [3.05, 3.63) is 124 Å². The van der Waals surface area contributed by atoms with Crippen molar-refractivity contribution < 1.29 is 13.2 Å². The lowest BCUT2D eigenvalue weighted by atomic mass is 10.1. The van der Waals surface area contributed by atoms with E-state index in [9.17, 15) is 13.2 Å². The van der Waals surface area contributed by atoms with Gasteiger partial charge in [0.1, 0.15) is 0 Å². The Labute approximate surface area is 220 Å². The number of aromatic nitrogens is 1. The Morgan fingerprint density at radius 1 is 0.861 bits per heavy atom. The Morgan fingerprint density at radius 2 is 1.44 bits per heavy atom. The van der Waals surface area contributed by atoms with Gasteiger partial charge in [-0.05, 0) is 78.2 Å². The van der Waals surface area contributed by atoms with E-state index in [1.54, 1.807) is 54.9 Å². The van der Waals surface area contributed by atoms with Crippen LogP contribution in [0, 0.1) is 0 Å². The highest BCUT2D eigenvalue weighted by Crippen LogP contribution is 2.29. The molecular weight excluding hydrogens is 517 g/mol. The highest BCUT2D eigenvalue weighted by molar-refractivity contribution is 7.92. The fraction of sp³-hybridized carbons (Fsp3) is 0.111. The quantitative estimate of drug-likeness (QED) is 0.289. The molecule has 1 heterocycles. The second-order valence-corrected chi connectivity index (χ2v) is 10.9. The minimum Gasteiger partial charge on any atom is -0.322 e. The number of carbonyl (C=O) groups is 1. The van der Waals surface area contributed by atoms with Gasteiger partial charge in [0, 0.05) is 39.3 Å². The van der Waals surface area contributed by atoms with Gasteiger partial charge in [-0.3, -0.25) is 14.1 Å². The average Bonchev–Trinajstić information content (AvgIpc) is 2.85. The Kier molecular flexibility index (Phi) is 7.94. The number of pyridine rings is 1. The van der Waals surface area contributed by atoms with Crippen LogP contribution >= 0.6 is 23.2 Å². The largest absolute Gasteiger partial charge is 0.322 e. The number of sulfonamides is 1. The van der Waals surface area contributed by atoms with Gasteiger partial charge >= 0.3 is 0 Å². The van der Waals surface area contributed by atoms with E-state index in [0.29, 0.717) is 32.5 Å². The second kappa shape index (κ2) is 11.1. The number of hydrogen-bond acceptors (Lipinski definition) is 4. The highest BCUT2D eigenvalue weighted by atomic mass is 35.5. The minimum atomic E-state index is -3.65. The second-order valence-electron chi connectivity index (χ2n) is 8.20. The first-order valence-corrected chi connectivity index (χ1v) is 13.6. The third-order valence-corrected chi connectivity index (χ3v) is 7.40. The average molecular weight is 540 g/mol. The van der Waals surface area contributed by atoms with Crippen molar-refractivity contribution in [2.24, 2.45) is 0 Å². The molecule has 0 aliphatic heterocycles. The fourth-order valence-corrected chi connectivity index (χ4v) is 5.04. The summed E-state index contributed by atoms with van der Waals surface area (Å²) in [6.45, 7) is -0.0330. The van der Waals surface area contributed by atoms with Crippen molar-refractivity contribution in [3.8, 4) is 0 Å². The van der Waals surface area contributed by atoms with Crippen LogP contribution in [0.4, 0.5) is 11.4 Å². The van der Waals surface area contributed by atoms with Crippen molar-refractivity contribution in [2.75, 3.05) is 15.9 Å². The first-order valence-electron chi connectivity index (χ1n) is 11.0. The van der Waals surface area contributed by atoms with Gasteiger partial charge in [-0.15, -0.1) is 0 Å². The van der Waals surface area contributed by atoms with Crippen molar-refractivity contribution >= 4 is 50.5 Å². The molecule has 0 aliphatic rings. The summed E-state index contributed by atoms with van der Waals surface area (Å²) in [5, 5.41) is 3.62. The third kappa shape index (κ3) is 6.43. The number of amides is 1. The molecule has 3 aromatic carbocycles. The summed E-state index contributed by atoms with van der Waals surface area (Å²) in [7, 11) is -3.65. The van der Waals surface area contributed by atoms with Gasteiger partial charge in [-0.1, -0.05) is 41.4 Å². The van der Waals surface area contributed by atoms with E-state index >= 15 is 0 Å². The molecule has 0 unspecified atom stereocenters. The van der Waals surface area contributed by atoms with Crippen molar-refractivity contribution in [1.29, 1.82) is 0 Å². The van der Waals surface area contributed by atoms with Gasteiger partial charge in [0.05, 0.1) is 18.5 Å². The van der Waals surface area contributed by atoms with Crippen LogP contribution in [0.15, 0.2) is 91.3 Å². The van der Waals surface area contributed by atoms with Crippen LogP contribution in [0.25, 0.3) is 0 Å². The van der Waals surface area contributed by atoms with Gasteiger partial charge in [-0.2, -0.15) is 0 Å². The van der Waals surface area contributed by atoms with Crippen LogP contribution in [0.5, 0.6) is 0 Å². The lowest BCUT2D eigenvalue weighted by Crippen LogP contribution is -2.29. The molecule has 1 aromatic heterocycles. The first kappa shape index (κ1) is 25.7. The fourth-order valence-electron chi connectivity index (χ4n) is 3.65. The van der Waals surface area contributed by atoms with E-state index in [0.717, 1.165) is 23.8 Å². The van der Waals surface area contributed by atoms with Crippen molar-refractivity contribution in [1.82, 2.24) is 4.98 Å². The SMILES string of the molecule is CS(=O)(=O)N(Cc1c(Cl)cccc1Cl)c1ccc(C(=O)Nc2ccc(Cc3ccncc3)cc2)cc1. The Balaban J connectivity index is 1.46. The minimum absolute atomic E-state index is 0.0330. The number of anilines is 2. The zero-order chi connectivity index (χ0) is 25.7. The molecule has 184 valence electrons. The lowest BCUT2D eigenvalue weighted by Gasteiger charge is -2.23. The maximum atomic E-state index is 12.8. The zero-order valence-electron chi connectivity index (χ0n) is 19.4. The number of hydrogen-bond donors (Lipinski definition) is 1. The molecular formula is C27H23Cl2N3O3S. The molecule has 0 spiro atoms. The van der Waals surface area contributed by atoms with Crippen LogP contribution in [-0.2, 0) is 23.0 Å². The molecule has 0 saturated carbocycles. The van der Waals surface area contributed by atoms with Crippen LogP contribution in [0.3, 0.4) is 0 Å². The van der Waals surface area contributed by atoms with Crippen LogP contribution in [0.1, 0.15) is 27.0 Å². The van der Waals surface area contributed by atoms with E-state index in [-0.39, 0.29) is 12.5 Å². The van der Waals surface area contributed by atoms with Crippen molar-refractivity contribution in [3.63, 3.8) is 0 Å². The van der Waals surface area contributed by atoms with Crippen LogP contribution in [0.2, 0.25) is 10.0 Å². The normalized spacial score (nSPS) is 11.2. The molecule has 1 amide bonds. The molecule has 6 nitrogen and oxygen atoms in total. The smallest absolute Gasteiger partial charge is 0.255 e. The van der Waals surface area contributed by atoms with E-state index < -0.39 is 10.0 Å². The number of nitrogens with one attached hydrogen (secondary N) is 1. The van der Waals surface area contributed by atoms with Crippen LogP contribution < -0.4 is 9.62 Å². The van der Waals surface area contributed by atoms with Crippen molar-refractivity contribution in [2.45, 2.75) is 13.0 Å². The van der Waals surface area contributed by atoms with Gasteiger partial charge < -0.3 is 5.32 Å². The van der Waals surface area contributed by atoms with E-state index in [2.05, 4.69) is 10.3 Å².